The standard InChI is InChI=1S/C18H36O2Si/c1-5-6-7-8-9-10-11-13-18(15-19)14-12-16(17(18)20)21(2,3)4/h16,19H,5-15H2,1-4H3/t16-,18-/m0/s1. The molecule has 0 aliphatic heterocycles. The van der Waals surface area contributed by atoms with Gasteiger partial charge < -0.3 is 5.11 Å². The van der Waals surface area contributed by atoms with Crippen molar-refractivity contribution in [3.05, 3.63) is 0 Å². The van der Waals surface area contributed by atoms with E-state index in [1.54, 1.807) is 0 Å². The van der Waals surface area contributed by atoms with Crippen molar-refractivity contribution >= 4 is 13.9 Å². The molecule has 0 saturated heterocycles. The highest BCUT2D eigenvalue weighted by atomic mass is 28.3. The van der Waals surface area contributed by atoms with Crippen LogP contribution in [0.1, 0.15) is 71.1 Å². The van der Waals surface area contributed by atoms with Crippen molar-refractivity contribution in [3.63, 3.8) is 0 Å². The van der Waals surface area contributed by atoms with Crippen molar-refractivity contribution in [2.24, 2.45) is 5.41 Å². The van der Waals surface area contributed by atoms with E-state index < -0.39 is 8.07 Å². The van der Waals surface area contributed by atoms with Crippen molar-refractivity contribution in [3.8, 4) is 0 Å². The van der Waals surface area contributed by atoms with Crippen molar-refractivity contribution in [1.82, 2.24) is 0 Å². The zero-order valence-electron chi connectivity index (χ0n) is 14.7. The molecule has 3 heteroatoms. The number of carbonyl (C=O) groups is 1. The number of carbonyl (C=O) groups excluding carboxylic acids is 1. The average Bonchev–Trinajstić information content (AvgIpc) is 2.75. The molecule has 0 aromatic carbocycles. The van der Waals surface area contributed by atoms with Gasteiger partial charge in [-0.3, -0.25) is 4.79 Å². The fourth-order valence-corrected chi connectivity index (χ4v) is 5.88. The Hall–Kier alpha value is -0.153. The van der Waals surface area contributed by atoms with E-state index in [2.05, 4.69) is 26.6 Å². The summed E-state index contributed by atoms with van der Waals surface area (Å²) in [4.78, 5) is 12.8. The first kappa shape index (κ1) is 18.9. The van der Waals surface area contributed by atoms with Gasteiger partial charge in [0.2, 0.25) is 0 Å². The molecule has 1 aliphatic rings. The van der Waals surface area contributed by atoms with Crippen LogP contribution in [0.4, 0.5) is 0 Å². The van der Waals surface area contributed by atoms with Crippen LogP contribution >= 0.6 is 0 Å². The minimum Gasteiger partial charge on any atom is -0.395 e. The first-order valence-corrected chi connectivity index (χ1v) is 12.6. The van der Waals surface area contributed by atoms with E-state index in [0.29, 0.717) is 5.78 Å². The Morgan fingerprint density at radius 1 is 1.10 bits per heavy atom. The van der Waals surface area contributed by atoms with Crippen LogP contribution < -0.4 is 0 Å². The van der Waals surface area contributed by atoms with Crippen LogP contribution in [0.25, 0.3) is 0 Å². The molecule has 0 radical (unpaired) electrons. The predicted molar refractivity (Wildman–Crippen MR) is 93.5 cm³/mol. The smallest absolute Gasteiger partial charge is 0.141 e. The van der Waals surface area contributed by atoms with Crippen LogP contribution in [0.3, 0.4) is 0 Å². The van der Waals surface area contributed by atoms with Gasteiger partial charge in [0, 0.05) is 5.54 Å². The maximum atomic E-state index is 12.8. The van der Waals surface area contributed by atoms with Gasteiger partial charge in [-0.15, -0.1) is 0 Å². The summed E-state index contributed by atoms with van der Waals surface area (Å²) in [6, 6.07) is 0. The fraction of sp³-hybridized carbons (Fsp3) is 0.944. The third kappa shape index (κ3) is 5.21. The lowest BCUT2D eigenvalue weighted by Gasteiger charge is -2.29. The van der Waals surface area contributed by atoms with Gasteiger partial charge in [0.25, 0.3) is 0 Å². The average molecular weight is 313 g/mol. The number of hydrogen-bond donors (Lipinski definition) is 1. The van der Waals surface area contributed by atoms with Crippen LogP contribution in [0.15, 0.2) is 0 Å². The Balaban J connectivity index is 2.39. The van der Waals surface area contributed by atoms with E-state index >= 15 is 0 Å². The van der Waals surface area contributed by atoms with Gasteiger partial charge in [-0.2, -0.15) is 0 Å². The molecule has 124 valence electrons. The van der Waals surface area contributed by atoms with E-state index in [-0.39, 0.29) is 17.6 Å². The molecular weight excluding hydrogens is 276 g/mol. The minimum atomic E-state index is -1.42. The molecule has 2 nitrogen and oxygen atoms in total. The predicted octanol–water partition coefficient (Wildman–Crippen LogP) is 5.18. The summed E-state index contributed by atoms with van der Waals surface area (Å²) in [7, 11) is -1.42. The van der Waals surface area contributed by atoms with Crippen molar-refractivity contribution in [2.45, 2.75) is 96.3 Å². The highest BCUT2D eigenvalue weighted by Gasteiger charge is 2.50. The molecular formula is C18H36O2Si. The minimum absolute atomic E-state index is 0.0721. The molecule has 2 atom stereocenters. The molecule has 1 N–H and O–H groups in total. The lowest BCUT2D eigenvalue weighted by Crippen LogP contribution is -2.38. The van der Waals surface area contributed by atoms with Gasteiger partial charge in [0.15, 0.2) is 0 Å². The Morgan fingerprint density at radius 3 is 2.14 bits per heavy atom. The summed E-state index contributed by atoms with van der Waals surface area (Å²) in [5, 5.41) is 9.84. The molecule has 0 spiro atoms. The Kier molecular flexibility index (Phi) is 7.62. The van der Waals surface area contributed by atoms with Crippen molar-refractivity contribution in [1.29, 1.82) is 0 Å². The first-order chi connectivity index (χ1) is 9.87. The summed E-state index contributed by atoms with van der Waals surface area (Å²) < 4.78 is 0. The van der Waals surface area contributed by atoms with E-state index in [9.17, 15) is 9.90 Å². The van der Waals surface area contributed by atoms with Gasteiger partial charge in [-0.1, -0.05) is 71.5 Å². The number of ketones is 1. The van der Waals surface area contributed by atoms with E-state index in [1.165, 1.54) is 38.5 Å². The van der Waals surface area contributed by atoms with Crippen LogP contribution in [-0.4, -0.2) is 25.6 Å². The second-order valence-electron chi connectivity index (χ2n) is 8.13. The van der Waals surface area contributed by atoms with Gasteiger partial charge >= 0.3 is 0 Å². The Morgan fingerprint density at radius 2 is 1.67 bits per heavy atom. The topological polar surface area (TPSA) is 37.3 Å². The summed E-state index contributed by atoms with van der Waals surface area (Å²) >= 11 is 0. The van der Waals surface area contributed by atoms with E-state index in [4.69, 9.17) is 0 Å². The molecule has 1 fully saturated rings. The van der Waals surface area contributed by atoms with Crippen LogP contribution in [0.2, 0.25) is 25.2 Å². The van der Waals surface area contributed by atoms with Gasteiger partial charge in [-0.05, 0) is 19.3 Å². The zero-order chi connectivity index (χ0) is 15.9. The molecule has 0 bridgehead atoms. The largest absolute Gasteiger partial charge is 0.395 e. The van der Waals surface area contributed by atoms with Gasteiger partial charge in [0.05, 0.1) is 20.1 Å². The molecule has 0 amide bonds. The van der Waals surface area contributed by atoms with Crippen molar-refractivity contribution in [2.75, 3.05) is 6.61 Å². The van der Waals surface area contributed by atoms with Crippen LogP contribution in [0, 0.1) is 5.41 Å². The van der Waals surface area contributed by atoms with Crippen molar-refractivity contribution < 1.29 is 9.90 Å². The number of aliphatic hydroxyl groups is 1. The Bertz CT molecular complexity index is 322. The molecule has 0 aromatic heterocycles. The molecule has 0 aromatic rings. The number of aliphatic hydroxyl groups excluding tert-OH is 1. The quantitative estimate of drug-likeness (QED) is 0.446. The van der Waals surface area contributed by atoms with Crippen LogP contribution in [0.5, 0.6) is 0 Å². The second-order valence-corrected chi connectivity index (χ2v) is 13.6. The number of Topliss-reactive ketones (excluding diaryl/α,β-unsaturated/α-hetero) is 1. The Labute approximate surface area is 132 Å². The summed E-state index contributed by atoms with van der Waals surface area (Å²) in [5.74, 6) is 0.398. The number of unbranched alkanes of at least 4 members (excludes halogenated alkanes) is 6. The van der Waals surface area contributed by atoms with E-state index in [0.717, 1.165) is 25.7 Å². The summed E-state index contributed by atoms with van der Waals surface area (Å²) in [6.07, 6.45) is 11.8. The highest BCUT2D eigenvalue weighted by molar-refractivity contribution is 6.80. The fourth-order valence-electron chi connectivity index (χ4n) is 3.78. The zero-order valence-corrected chi connectivity index (χ0v) is 15.7. The van der Waals surface area contributed by atoms with Crippen LogP contribution in [-0.2, 0) is 4.79 Å². The maximum absolute atomic E-state index is 12.8. The first-order valence-electron chi connectivity index (χ1n) is 9.02. The summed E-state index contributed by atoms with van der Waals surface area (Å²) in [5.41, 5.74) is -0.108. The number of rotatable bonds is 10. The SMILES string of the molecule is CCCCCCCCC[C@@]1(CO)CC[C@H]([Si](C)(C)C)C1=O. The molecule has 21 heavy (non-hydrogen) atoms. The van der Waals surface area contributed by atoms with Gasteiger partial charge in [0.1, 0.15) is 5.78 Å². The molecule has 0 unspecified atom stereocenters. The third-order valence-electron chi connectivity index (χ3n) is 5.36. The molecule has 0 heterocycles. The molecule has 1 saturated carbocycles. The van der Waals surface area contributed by atoms with Gasteiger partial charge in [-0.25, -0.2) is 0 Å². The molecule has 1 rings (SSSR count). The third-order valence-corrected chi connectivity index (χ3v) is 8.00. The normalized spacial score (nSPS) is 26.5. The second kappa shape index (κ2) is 8.47. The molecule has 1 aliphatic carbocycles. The number of hydrogen-bond acceptors (Lipinski definition) is 2. The lowest BCUT2D eigenvalue weighted by atomic mass is 9.81. The highest BCUT2D eigenvalue weighted by Crippen LogP contribution is 2.48. The maximum Gasteiger partial charge on any atom is 0.141 e. The summed E-state index contributed by atoms with van der Waals surface area (Å²) in [6.45, 7) is 9.18. The van der Waals surface area contributed by atoms with E-state index in [1.807, 2.05) is 0 Å². The lowest BCUT2D eigenvalue weighted by molar-refractivity contribution is -0.128. The monoisotopic (exact) mass is 312 g/mol.